The third-order valence-electron chi connectivity index (χ3n) is 6.15. The van der Waals surface area contributed by atoms with Crippen molar-refractivity contribution in [3.63, 3.8) is 0 Å². The maximum absolute atomic E-state index is 9.37. The second kappa shape index (κ2) is 10.6. The molecule has 0 atom stereocenters. The number of hydrogen-bond acceptors (Lipinski definition) is 5. The molecule has 1 aliphatic rings. The molecule has 2 heterocycles. The minimum absolute atomic E-state index is 0.00398. The first-order valence-corrected chi connectivity index (χ1v) is 11.8. The predicted molar refractivity (Wildman–Crippen MR) is 129 cm³/mol. The van der Waals surface area contributed by atoms with E-state index in [1.54, 1.807) is 0 Å². The van der Waals surface area contributed by atoms with Crippen LogP contribution in [-0.4, -0.2) is 16.5 Å². The number of fused-ring (bicyclic) bond motifs is 1. The highest BCUT2D eigenvalue weighted by Gasteiger charge is 2.39. The molecular weight excluding hydrogens is 418 g/mol. The monoisotopic (exact) mass is 447 g/mol. The lowest BCUT2D eigenvalue weighted by atomic mass is 9.83. The molecule has 0 N–H and O–H groups in total. The van der Waals surface area contributed by atoms with Crippen molar-refractivity contribution in [3.8, 4) is 12.1 Å². The fourth-order valence-corrected chi connectivity index (χ4v) is 4.56. The van der Waals surface area contributed by atoms with E-state index in [1.807, 2.05) is 18.2 Å². The number of aromatic nitrogens is 2. The molecule has 0 aliphatic carbocycles. The normalized spacial score (nSPS) is 15.4. The Kier molecular flexibility index (Phi) is 7.89. The van der Waals surface area contributed by atoms with Crippen LogP contribution in [0.3, 0.4) is 0 Å². The predicted octanol–water partition coefficient (Wildman–Crippen LogP) is 6.76. The van der Waals surface area contributed by atoms with E-state index in [1.165, 1.54) is 49.8 Å². The summed E-state index contributed by atoms with van der Waals surface area (Å²) in [5.41, 5.74) is 3.66. The number of nitriles is 2. The van der Waals surface area contributed by atoms with E-state index in [-0.39, 0.29) is 22.0 Å². The summed E-state index contributed by atoms with van der Waals surface area (Å²) in [6.07, 6.45) is 10.7. The van der Waals surface area contributed by atoms with Crippen LogP contribution < -0.4 is 4.90 Å². The van der Waals surface area contributed by atoms with E-state index in [9.17, 15) is 10.5 Å². The molecule has 6 heteroatoms. The van der Waals surface area contributed by atoms with Crippen molar-refractivity contribution in [1.82, 2.24) is 9.97 Å². The Morgan fingerprint density at radius 1 is 0.969 bits per heavy atom. The van der Waals surface area contributed by atoms with E-state index in [4.69, 9.17) is 11.6 Å². The van der Waals surface area contributed by atoms with Gasteiger partial charge < -0.3 is 4.90 Å². The van der Waals surface area contributed by atoms with Gasteiger partial charge in [-0.2, -0.15) is 10.5 Å². The van der Waals surface area contributed by atoms with Crippen molar-refractivity contribution in [2.45, 2.75) is 71.1 Å². The Balaban J connectivity index is 1.91. The van der Waals surface area contributed by atoms with Gasteiger partial charge in [-0.3, -0.25) is 0 Å². The summed E-state index contributed by atoms with van der Waals surface area (Å²) in [4.78, 5) is 10.8. The van der Waals surface area contributed by atoms with Crippen LogP contribution >= 0.6 is 11.6 Å². The molecule has 32 heavy (non-hydrogen) atoms. The highest BCUT2D eigenvalue weighted by molar-refractivity contribution is 6.30. The molecule has 5 nitrogen and oxygen atoms in total. The minimum Gasteiger partial charge on any atom is -0.344 e. The van der Waals surface area contributed by atoms with Crippen LogP contribution in [0, 0.1) is 22.7 Å². The summed E-state index contributed by atoms with van der Waals surface area (Å²) in [5.74, 6) is 0. The van der Waals surface area contributed by atoms with Gasteiger partial charge in [0.1, 0.15) is 17.8 Å². The molecule has 1 aromatic heterocycles. The lowest BCUT2D eigenvalue weighted by molar-refractivity contribution is 0.581. The zero-order valence-electron chi connectivity index (χ0n) is 19.2. The molecule has 1 aromatic carbocycles. The largest absolute Gasteiger partial charge is 0.344 e. The Hall–Kier alpha value is -2.89. The number of rotatable bonds is 9. The zero-order chi connectivity index (χ0) is 23.1. The van der Waals surface area contributed by atoms with Gasteiger partial charge in [0.2, 0.25) is 0 Å². The SMILES string of the molecule is CCCCCCCCCN1/C(=C/c2nc(C#N)c(C#N)nc2Cl)C(C)(C)c2ccccc21. The number of benzene rings is 1. The first kappa shape index (κ1) is 23.8. The Morgan fingerprint density at radius 2 is 1.59 bits per heavy atom. The molecule has 0 saturated heterocycles. The van der Waals surface area contributed by atoms with Crippen LogP contribution in [-0.2, 0) is 5.41 Å². The topological polar surface area (TPSA) is 76.6 Å². The van der Waals surface area contributed by atoms with Crippen molar-refractivity contribution in [3.05, 3.63) is 57.8 Å². The number of allylic oxidation sites excluding steroid dienone is 1. The highest BCUT2D eigenvalue weighted by Crippen LogP contribution is 2.48. The third-order valence-corrected chi connectivity index (χ3v) is 6.43. The van der Waals surface area contributed by atoms with Crippen LogP contribution in [0.5, 0.6) is 0 Å². The molecule has 0 fully saturated rings. The van der Waals surface area contributed by atoms with E-state index in [0.29, 0.717) is 5.69 Å². The number of unbranched alkanes of at least 4 members (excludes halogenated alkanes) is 6. The average Bonchev–Trinajstić information content (AvgIpc) is 3.00. The van der Waals surface area contributed by atoms with Gasteiger partial charge in [-0.1, -0.05) is 89.1 Å². The lowest BCUT2D eigenvalue weighted by Gasteiger charge is -2.27. The molecule has 0 unspecified atom stereocenters. The van der Waals surface area contributed by atoms with E-state index in [0.717, 1.165) is 18.7 Å². The van der Waals surface area contributed by atoms with Gasteiger partial charge >= 0.3 is 0 Å². The fraction of sp³-hybridized carbons (Fsp3) is 0.462. The van der Waals surface area contributed by atoms with Crippen molar-refractivity contribution < 1.29 is 0 Å². The molecule has 0 bridgehead atoms. The van der Waals surface area contributed by atoms with Gasteiger partial charge in [-0.05, 0) is 24.1 Å². The number of para-hydroxylation sites is 1. The van der Waals surface area contributed by atoms with E-state index >= 15 is 0 Å². The summed E-state index contributed by atoms with van der Waals surface area (Å²) in [6.45, 7) is 7.54. The second-order valence-corrected chi connectivity index (χ2v) is 9.12. The summed E-state index contributed by atoms with van der Waals surface area (Å²) in [5, 5.41) is 18.7. The molecule has 2 aromatic rings. The maximum atomic E-state index is 9.37. The molecule has 1 aliphatic heterocycles. The zero-order valence-corrected chi connectivity index (χ0v) is 19.9. The van der Waals surface area contributed by atoms with Crippen LogP contribution in [0.15, 0.2) is 30.0 Å². The maximum Gasteiger partial charge on any atom is 0.178 e. The molecule has 3 rings (SSSR count). The summed E-state index contributed by atoms with van der Waals surface area (Å²) >= 11 is 6.36. The smallest absolute Gasteiger partial charge is 0.178 e. The molecular formula is C26H30ClN5. The number of hydrogen-bond donors (Lipinski definition) is 0. The van der Waals surface area contributed by atoms with Crippen molar-refractivity contribution >= 4 is 23.4 Å². The summed E-state index contributed by atoms with van der Waals surface area (Å²) in [6, 6.07) is 12.3. The van der Waals surface area contributed by atoms with Gasteiger partial charge in [0.05, 0.1) is 0 Å². The van der Waals surface area contributed by atoms with Gasteiger partial charge in [0.25, 0.3) is 0 Å². The first-order chi connectivity index (χ1) is 15.4. The van der Waals surface area contributed by atoms with Crippen LogP contribution in [0.1, 0.15) is 88.4 Å². The van der Waals surface area contributed by atoms with E-state index < -0.39 is 0 Å². The van der Waals surface area contributed by atoms with Crippen molar-refractivity contribution in [2.24, 2.45) is 0 Å². The van der Waals surface area contributed by atoms with Crippen molar-refractivity contribution in [1.29, 1.82) is 10.5 Å². The summed E-state index contributed by atoms with van der Waals surface area (Å²) < 4.78 is 0. The fourth-order valence-electron chi connectivity index (χ4n) is 4.37. The second-order valence-electron chi connectivity index (χ2n) is 8.77. The Labute approximate surface area is 196 Å². The molecule has 0 spiro atoms. The molecule has 0 saturated carbocycles. The molecule has 0 amide bonds. The molecule has 0 radical (unpaired) electrons. The van der Waals surface area contributed by atoms with Gasteiger partial charge in [-0.15, -0.1) is 0 Å². The number of halogens is 1. The number of nitrogens with zero attached hydrogens (tertiary/aromatic N) is 5. The van der Waals surface area contributed by atoms with E-state index in [2.05, 4.69) is 59.9 Å². The third kappa shape index (κ3) is 4.95. The molecule has 166 valence electrons. The average molecular weight is 448 g/mol. The first-order valence-electron chi connectivity index (χ1n) is 11.4. The van der Waals surface area contributed by atoms with Gasteiger partial charge in [-0.25, -0.2) is 9.97 Å². The van der Waals surface area contributed by atoms with Crippen LogP contribution in [0.2, 0.25) is 5.15 Å². The minimum atomic E-state index is -0.247. The van der Waals surface area contributed by atoms with Crippen LogP contribution in [0.4, 0.5) is 5.69 Å². The van der Waals surface area contributed by atoms with Crippen LogP contribution in [0.25, 0.3) is 6.08 Å². The number of anilines is 1. The van der Waals surface area contributed by atoms with Gasteiger partial charge in [0, 0.05) is 23.3 Å². The Morgan fingerprint density at radius 3 is 2.28 bits per heavy atom. The van der Waals surface area contributed by atoms with Gasteiger partial charge in [0.15, 0.2) is 16.5 Å². The highest BCUT2D eigenvalue weighted by atomic mass is 35.5. The lowest BCUT2D eigenvalue weighted by Crippen LogP contribution is -2.27. The summed E-state index contributed by atoms with van der Waals surface area (Å²) in [7, 11) is 0. The van der Waals surface area contributed by atoms with Crippen molar-refractivity contribution in [2.75, 3.05) is 11.4 Å². The standard InChI is InChI=1S/C26H30ClN5/c1-4-5-6-7-8-9-12-15-32-23-14-11-10-13-19(23)26(2,3)24(32)16-20-25(27)31-22(18-29)21(17-28)30-20/h10-11,13-14,16H,4-9,12,15H2,1-3H3/b24-16+. The Bertz CT molecular complexity index is 1070. The quantitative estimate of drug-likeness (QED) is 0.396.